The fourth-order valence-corrected chi connectivity index (χ4v) is 2.11. The lowest BCUT2D eigenvalue weighted by molar-refractivity contribution is 0.377. The molecule has 0 aliphatic carbocycles. The topological polar surface area (TPSA) is 43.8 Å². The molecule has 0 radical (unpaired) electrons. The van der Waals surface area contributed by atoms with Gasteiger partial charge in [-0.25, -0.2) is 0 Å². The zero-order chi connectivity index (χ0) is 12.3. The van der Waals surface area contributed by atoms with Crippen LogP contribution in [0.5, 0.6) is 0 Å². The van der Waals surface area contributed by atoms with E-state index in [1.807, 2.05) is 0 Å². The molecular weight excluding hydrogens is 198 g/mol. The summed E-state index contributed by atoms with van der Waals surface area (Å²) in [6.07, 6.45) is 2.18. The van der Waals surface area contributed by atoms with Crippen LogP contribution in [-0.2, 0) is 13.0 Å². The van der Waals surface area contributed by atoms with E-state index in [1.165, 1.54) is 11.3 Å². The van der Waals surface area contributed by atoms with Crippen LogP contribution in [0.1, 0.15) is 44.1 Å². The zero-order valence-electron chi connectivity index (χ0n) is 11.2. The van der Waals surface area contributed by atoms with Crippen molar-refractivity contribution in [1.82, 2.24) is 9.78 Å². The molecule has 0 saturated carbocycles. The second kappa shape index (κ2) is 5.48. The molecule has 92 valence electrons. The normalized spacial score (nSPS) is 15.1. The van der Waals surface area contributed by atoms with Gasteiger partial charge in [-0.2, -0.15) is 5.10 Å². The van der Waals surface area contributed by atoms with E-state index in [2.05, 4.69) is 44.4 Å². The summed E-state index contributed by atoms with van der Waals surface area (Å²) >= 11 is 0. The fraction of sp³-hybridized carbons (Fsp3) is 0.769. The van der Waals surface area contributed by atoms with Gasteiger partial charge in [0, 0.05) is 11.7 Å². The first-order valence-electron chi connectivity index (χ1n) is 6.29. The summed E-state index contributed by atoms with van der Waals surface area (Å²) in [5, 5.41) is 4.57. The van der Waals surface area contributed by atoms with Crippen molar-refractivity contribution in [1.29, 1.82) is 0 Å². The minimum absolute atomic E-state index is 0.202. The Bertz CT molecular complexity index is 341. The fourth-order valence-electron chi connectivity index (χ4n) is 2.11. The van der Waals surface area contributed by atoms with Crippen LogP contribution >= 0.6 is 0 Å². The number of nitrogens with zero attached hydrogens (tertiary/aromatic N) is 2. The number of aromatic nitrogens is 2. The van der Waals surface area contributed by atoms with Crippen molar-refractivity contribution in [3.8, 4) is 0 Å². The monoisotopic (exact) mass is 223 g/mol. The maximum Gasteiger partial charge on any atom is 0.0628 e. The Morgan fingerprint density at radius 3 is 2.38 bits per heavy atom. The average molecular weight is 223 g/mol. The maximum atomic E-state index is 6.17. The van der Waals surface area contributed by atoms with E-state index in [1.54, 1.807) is 0 Å². The minimum Gasteiger partial charge on any atom is -0.326 e. The first-order valence-corrected chi connectivity index (χ1v) is 6.29. The summed E-state index contributed by atoms with van der Waals surface area (Å²) < 4.78 is 2.07. The molecule has 1 aromatic heterocycles. The van der Waals surface area contributed by atoms with Gasteiger partial charge in [-0.3, -0.25) is 4.68 Å². The smallest absolute Gasteiger partial charge is 0.0628 e. The Labute approximate surface area is 99.0 Å². The highest BCUT2D eigenvalue weighted by atomic mass is 15.3. The van der Waals surface area contributed by atoms with Gasteiger partial charge in [0.15, 0.2) is 0 Å². The van der Waals surface area contributed by atoms with Crippen LogP contribution in [0.25, 0.3) is 0 Å². The van der Waals surface area contributed by atoms with Crippen LogP contribution in [0, 0.1) is 19.8 Å². The summed E-state index contributed by atoms with van der Waals surface area (Å²) in [6.45, 7) is 11.6. The van der Waals surface area contributed by atoms with Gasteiger partial charge in [-0.05, 0) is 31.7 Å². The third-order valence-corrected chi connectivity index (χ3v) is 3.64. The average Bonchev–Trinajstić information content (AvgIpc) is 2.52. The summed E-state index contributed by atoms with van der Waals surface area (Å²) in [4.78, 5) is 0. The predicted octanol–water partition coefficient (Wildman–Crippen LogP) is 2.44. The molecule has 0 aliphatic rings. The summed E-state index contributed by atoms with van der Waals surface area (Å²) in [7, 11) is 0. The molecule has 2 unspecified atom stereocenters. The van der Waals surface area contributed by atoms with Crippen LogP contribution in [0.15, 0.2) is 0 Å². The van der Waals surface area contributed by atoms with Gasteiger partial charge in [-0.15, -0.1) is 0 Å². The van der Waals surface area contributed by atoms with E-state index in [4.69, 9.17) is 5.73 Å². The Kier molecular flexibility index (Phi) is 4.54. The van der Waals surface area contributed by atoms with Gasteiger partial charge >= 0.3 is 0 Å². The Balaban J connectivity index is 2.82. The standard InChI is InChI=1S/C13H25N3/c1-6-9(3)13(14)8-16-11(5)12(7-2)10(4)15-16/h9,13H,6-8,14H2,1-5H3. The second-order valence-corrected chi connectivity index (χ2v) is 4.73. The van der Waals surface area contributed by atoms with Crippen LogP contribution in [0.4, 0.5) is 0 Å². The molecule has 0 spiro atoms. The van der Waals surface area contributed by atoms with Gasteiger partial charge < -0.3 is 5.73 Å². The molecule has 3 nitrogen and oxygen atoms in total. The number of rotatable bonds is 5. The molecule has 0 bridgehead atoms. The molecule has 1 rings (SSSR count). The van der Waals surface area contributed by atoms with E-state index in [-0.39, 0.29) is 6.04 Å². The molecule has 2 N–H and O–H groups in total. The summed E-state index contributed by atoms with van der Waals surface area (Å²) in [5.41, 5.74) is 9.97. The van der Waals surface area contributed by atoms with E-state index in [9.17, 15) is 0 Å². The van der Waals surface area contributed by atoms with Crippen molar-refractivity contribution in [2.45, 2.75) is 60.0 Å². The first kappa shape index (κ1) is 13.2. The largest absolute Gasteiger partial charge is 0.326 e. The number of aryl methyl sites for hydroxylation is 1. The van der Waals surface area contributed by atoms with Gasteiger partial charge in [0.05, 0.1) is 12.2 Å². The molecule has 0 aliphatic heterocycles. The summed E-state index contributed by atoms with van der Waals surface area (Å²) in [6, 6.07) is 0.202. The third-order valence-electron chi connectivity index (χ3n) is 3.64. The van der Waals surface area contributed by atoms with Crippen molar-refractivity contribution in [2.75, 3.05) is 0 Å². The maximum absolute atomic E-state index is 6.17. The van der Waals surface area contributed by atoms with Crippen molar-refractivity contribution in [3.05, 3.63) is 17.0 Å². The third kappa shape index (κ3) is 2.64. The summed E-state index contributed by atoms with van der Waals surface area (Å²) in [5.74, 6) is 0.550. The predicted molar refractivity (Wildman–Crippen MR) is 68.5 cm³/mol. The lowest BCUT2D eigenvalue weighted by Gasteiger charge is -2.19. The van der Waals surface area contributed by atoms with Crippen molar-refractivity contribution >= 4 is 0 Å². The van der Waals surface area contributed by atoms with Gasteiger partial charge in [0.1, 0.15) is 0 Å². The highest BCUT2D eigenvalue weighted by Gasteiger charge is 2.15. The van der Waals surface area contributed by atoms with E-state index in [0.29, 0.717) is 5.92 Å². The van der Waals surface area contributed by atoms with E-state index < -0.39 is 0 Å². The highest BCUT2D eigenvalue weighted by molar-refractivity contribution is 5.24. The van der Waals surface area contributed by atoms with Crippen LogP contribution in [0.3, 0.4) is 0 Å². The van der Waals surface area contributed by atoms with Gasteiger partial charge in [0.2, 0.25) is 0 Å². The number of hydrogen-bond donors (Lipinski definition) is 1. The van der Waals surface area contributed by atoms with Crippen molar-refractivity contribution < 1.29 is 0 Å². The van der Waals surface area contributed by atoms with Crippen LogP contribution in [-0.4, -0.2) is 15.8 Å². The van der Waals surface area contributed by atoms with Gasteiger partial charge in [0.25, 0.3) is 0 Å². The van der Waals surface area contributed by atoms with E-state index >= 15 is 0 Å². The highest BCUT2D eigenvalue weighted by Crippen LogP contribution is 2.15. The molecule has 0 aromatic carbocycles. The number of hydrogen-bond acceptors (Lipinski definition) is 2. The molecule has 0 saturated heterocycles. The Morgan fingerprint density at radius 1 is 1.31 bits per heavy atom. The molecule has 1 aromatic rings. The quantitative estimate of drug-likeness (QED) is 0.833. The molecule has 2 atom stereocenters. The Morgan fingerprint density at radius 2 is 1.94 bits per heavy atom. The SMILES string of the molecule is CCc1c(C)nn(CC(N)C(C)CC)c1C. The molecule has 0 fully saturated rings. The molecule has 3 heteroatoms. The lowest BCUT2D eigenvalue weighted by atomic mass is 10.0. The lowest BCUT2D eigenvalue weighted by Crippen LogP contribution is -2.33. The molecular formula is C13H25N3. The molecule has 16 heavy (non-hydrogen) atoms. The van der Waals surface area contributed by atoms with Crippen LogP contribution in [0.2, 0.25) is 0 Å². The Hall–Kier alpha value is -0.830. The molecule has 1 heterocycles. The van der Waals surface area contributed by atoms with Gasteiger partial charge in [-0.1, -0.05) is 27.2 Å². The zero-order valence-corrected chi connectivity index (χ0v) is 11.2. The van der Waals surface area contributed by atoms with E-state index in [0.717, 1.165) is 25.1 Å². The minimum atomic E-state index is 0.202. The number of nitrogens with two attached hydrogens (primary N) is 1. The van der Waals surface area contributed by atoms with Crippen LogP contribution < -0.4 is 5.73 Å². The van der Waals surface area contributed by atoms with Crippen molar-refractivity contribution in [2.24, 2.45) is 11.7 Å². The van der Waals surface area contributed by atoms with Crippen molar-refractivity contribution in [3.63, 3.8) is 0 Å². The second-order valence-electron chi connectivity index (χ2n) is 4.73. The first-order chi connectivity index (χ1) is 7.51. The molecule has 0 amide bonds.